The van der Waals surface area contributed by atoms with Gasteiger partial charge in [-0.15, -0.1) is 11.3 Å². The molecule has 2 N–H and O–H groups in total. The largest absolute Gasteiger partial charge is 0.374 e. The lowest BCUT2D eigenvalue weighted by molar-refractivity contribution is -0.0564. The van der Waals surface area contributed by atoms with E-state index in [9.17, 15) is 0 Å². The fourth-order valence-corrected chi connectivity index (χ4v) is 3.60. The highest BCUT2D eigenvalue weighted by atomic mass is 79.9. The van der Waals surface area contributed by atoms with E-state index in [2.05, 4.69) is 39.3 Å². The summed E-state index contributed by atoms with van der Waals surface area (Å²) in [5.74, 6) is 0. The zero-order valence-corrected chi connectivity index (χ0v) is 11.1. The zero-order chi connectivity index (χ0) is 10.8. The minimum atomic E-state index is 0.120. The lowest BCUT2D eigenvalue weighted by Crippen LogP contribution is -2.46. The van der Waals surface area contributed by atoms with Crippen LogP contribution in [0.3, 0.4) is 0 Å². The Hall–Kier alpha value is 0.0600. The van der Waals surface area contributed by atoms with Crippen LogP contribution in [0.1, 0.15) is 10.9 Å². The predicted octanol–water partition coefficient (Wildman–Crippen LogP) is 1.84. The van der Waals surface area contributed by atoms with Crippen LogP contribution in [0.5, 0.6) is 0 Å². The molecule has 2 heterocycles. The molecule has 0 radical (unpaired) electrons. The van der Waals surface area contributed by atoms with Gasteiger partial charge in [-0.2, -0.15) is 0 Å². The standard InChI is InChI=1S/C10H15BrN2OS/c1-13-2-3-14-8(5-12)10(13)9-4-7(11)6-15-9/h4,6,8,10H,2-3,5,12H2,1H3. The lowest BCUT2D eigenvalue weighted by atomic mass is 10.1. The Bertz CT molecular complexity index is 331. The number of likely N-dealkylation sites (N-methyl/N-ethyl adjacent to an activating group) is 1. The summed E-state index contributed by atoms with van der Waals surface area (Å²) in [6, 6.07) is 2.46. The summed E-state index contributed by atoms with van der Waals surface area (Å²) in [6.45, 7) is 2.32. The molecule has 2 atom stereocenters. The van der Waals surface area contributed by atoms with Gasteiger partial charge in [0, 0.05) is 27.8 Å². The van der Waals surface area contributed by atoms with Crippen molar-refractivity contribution in [3.05, 3.63) is 20.8 Å². The molecular formula is C10H15BrN2OS. The molecule has 0 spiro atoms. The first-order valence-electron chi connectivity index (χ1n) is 4.98. The molecule has 84 valence electrons. The number of rotatable bonds is 2. The molecule has 0 aliphatic carbocycles. The van der Waals surface area contributed by atoms with Crippen molar-refractivity contribution in [3.63, 3.8) is 0 Å². The van der Waals surface area contributed by atoms with Gasteiger partial charge in [0.15, 0.2) is 0 Å². The molecule has 15 heavy (non-hydrogen) atoms. The molecule has 0 bridgehead atoms. The Labute approximate surface area is 102 Å². The number of morpholine rings is 1. The number of thiophene rings is 1. The number of halogens is 1. The normalized spacial score (nSPS) is 28.2. The minimum Gasteiger partial charge on any atom is -0.374 e. The third kappa shape index (κ3) is 2.42. The number of nitrogens with two attached hydrogens (primary N) is 1. The highest BCUT2D eigenvalue weighted by molar-refractivity contribution is 9.10. The van der Waals surface area contributed by atoms with E-state index in [1.807, 2.05) is 0 Å². The molecule has 2 unspecified atom stereocenters. The number of nitrogens with zero attached hydrogens (tertiary/aromatic N) is 1. The van der Waals surface area contributed by atoms with Crippen molar-refractivity contribution in [1.29, 1.82) is 0 Å². The first kappa shape index (κ1) is 11.5. The van der Waals surface area contributed by atoms with E-state index < -0.39 is 0 Å². The average Bonchev–Trinajstić information content (AvgIpc) is 2.64. The molecular weight excluding hydrogens is 276 g/mol. The van der Waals surface area contributed by atoms with Crippen molar-refractivity contribution >= 4 is 27.3 Å². The van der Waals surface area contributed by atoms with Crippen molar-refractivity contribution in [2.75, 3.05) is 26.7 Å². The second-order valence-corrected chi connectivity index (χ2v) is 5.60. The van der Waals surface area contributed by atoms with Crippen molar-refractivity contribution in [2.45, 2.75) is 12.1 Å². The van der Waals surface area contributed by atoms with E-state index in [0.717, 1.165) is 17.6 Å². The van der Waals surface area contributed by atoms with Gasteiger partial charge in [0.25, 0.3) is 0 Å². The Morgan fingerprint density at radius 3 is 3.13 bits per heavy atom. The maximum absolute atomic E-state index is 5.74. The van der Waals surface area contributed by atoms with E-state index in [0.29, 0.717) is 12.6 Å². The molecule has 1 fully saturated rings. The van der Waals surface area contributed by atoms with Gasteiger partial charge in [-0.05, 0) is 29.0 Å². The van der Waals surface area contributed by atoms with Gasteiger partial charge in [0.1, 0.15) is 0 Å². The third-order valence-electron chi connectivity index (χ3n) is 2.71. The molecule has 1 aliphatic rings. The first-order valence-corrected chi connectivity index (χ1v) is 6.65. The fraction of sp³-hybridized carbons (Fsp3) is 0.600. The molecule has 1 aliphatic heterocycles. The fourth-order valence-electron chi connectivity index (χ4n) is 1.94. The van der Waals surface area contributed by atoms with Crippen molar-refractivity contribution < 1.29 is 4.74 Å². The molecule has 2 rings (SSSR count). The van der Waals surface area contributed by atoms with Crippen LogP contribution >= 0.6 is 27.3 Å². The molecule has 5 heteroatoms. The molecule has 1 aromatic heterocycles. The van der Waals surface area contributed by atoms with Crippen LogP contribution in [0.25, 0.3) is 0 Å². The second kappa shape index (κ2) is 4.93. The molecule has 3 nitrogen and oxygen atoms in total. The molecule has 0 saturated carbocycles. The molecule has 0 aromatic carbocycles. The number of ether oxygens (including phenoxy) is 1. The summed E-state index contributed by atoms with van der Waals surface area (Å²) in [5.41, 5.74) is 5.74. The highest BCUT2D eigenvalue weighted by Gasteiger charge is 2.31. The van der Waals surface area contributed by atoms with Crippen molar-refractivity contribution in [3.8, 4) is 0 Å². The Kier molecular flexibility index (Phi) is 3.79. The first-order chi connectivity index (χ1) is 7.22. The summed E-state index contributed by atoms with van der Waals surface area (Å²) in [6.07, 6.45) is 0.120. The second-order valence-electron chi connectivity index (χ2n) is 3.74. The average molecular weight is 291 g/mol. The van der Waals surface area contributed by atoms with Crippen molar-refractivity contribution in [2.24, 2.45) is 5.73 Å². The highest BCUT2D eigenvalue weighted by Crippen LogP contribution is 2.33. The Balaban J connectivity index is 2.22. The van der Waals surface area contributed by atoms with E-state index in [4.69, 9.17) is 10.5 Å². The van der Waals surface area contributed by atoms with E-state index in [1.54, 1.807) is 11.3 Å². The summed E-state index contributed by atoms with van der Waals surface area (Å²) in [5, 5.41) is 2.10. The molecule has 0 amide bonds. The zero-order valence-electron chi connectivity index (χ0n) is 8.65. The van der Waals surface area contributed by atoms with E-state index >= 15 is 0 Å². The summed E-state index contributed by atoms with van der Waals surface area (Å²) < 4.78 is 6.83. The van der Waals surface area contributed by atoms with Crippen LogP contribution in [0, 0.1) is 0 Å². The maximum Gasteiger partial charge on any atom is 0.0902 e. The maximum atomic E-state index is 5.74. The van der Waals surface area contributed by atoms with Crippen molar-refractivity contribution in [1.82, 2.24) is 4.90 Å². The Morgan fingerprint density at radius 1 is 1.73 bits per heavy atom. The van der Waals surface area contributed by atoms with Gasteiger partial charge in [-0.3, -0.25) is 4.90 Å². The van der Waals surface area contributed by atoms with Crippen LogP contribution < -0.4 is 5.73 Å². The molecule has 1 saturated heterocycles. The summed E-state index contributed by atoms with van der Waals surface area (Å²) in [4.78, 5) is 3.64. The monoisotopic (exact) mass is 290 g/mol. The predicted molar refractivity (Wildman–Crippen MR) is 66.2 cm³/mol. The van der Waals surface area contributed by atoms with Crippen LogP contribution in [-0.2, 0) is 4.74 Å². The van der Waals surface area contributed by atoms with Crippen LogP contribution in [0.4, 0.5) is 0 Å². The molecule has 1 aromatic rings. The number of hydrogen-bond acceptors (Lipinski definition) is 4. The van der Waals surface area contributed by atoms with Crippen LogP contribution in [-0.4, -0.2) is 37.7 Å². The third-order valence-corrected chi connectivity index (χ3v) is 4.48. The summed E-state index contributed by atoms with van der Waals surface area (Å²) in [7, 11) is 2.13. The summed E-state index contributed by atoms with van der Waals surface area (Å²) >= 11 is 5.24. The number of hydrogen-bond donors (Lipinski definition) is 1. The van der Waals surface area contributed by atoms with Crippen LogP contribution in [0.15, 0.2) is 15.9 Å². The smallest absolute Gasteiger partial charge is 0.0902 e. The Morgan fingerprint density at radius 2 is 2.53 bits per heavy atom. The SMILES string of the molecule is CN1CCOC(CN)C1c1cc(Br)cs1. The quantitative estimate of drug-likeness (QED) is 0.903. The minimum absolute atomic E-state index is 0.120. The lowest BCUT2D eigenvalue weighted by Gasteiger charge is -2.38. The van der Waals surface area contributed by atoms with Gasteiger partial charge in [-0.1, -0.05) is 0 Å². The van der Waals surface area contributed by atoms with Crippen LogP contribution in [0.2, 0.25) is 0 Å². The van der Waals surface area contributed by atoms with E-state index in [-0.39, 0.29) is 6.10 Å². The van der Waals surface area contributed by atoms with Gasteiger partial charge in [0.2, 0.25) is 0 Å². The van der Waals surface area contributed by atoms with Gasteiger partial charge in [0.05, 0.1) is 18.8 Å². The topological polar surface area (TPSA) is 38.5 Å². The van der Waals surface area contributed by atoms with Gasteiger partial charge < -0.3 is 10.5 Å². The van der Waals surface area contributed by atoms with Gasteiger partial charge in [-0.25, -0.2) is 0 Å². The van der Waals surface area contributed by atoms with Gasteiger partial charge >= 0.3 is 0 Å². The van der Waals surface area contributed by atoms with E-state index in [1.165, 1.54) is 4.88 Å².